The van der Waals surface area contributed by atoms with Crippen molar-refractivity contribution >= 4 is 16.7 Å². The normalized spacial score (nSPS) is 24.4. The first-order valence-corrected chi connectivity index (χ1v) is 13.9. The van der Waals surface area contributed by atoms with E-state index in [0.29, 0.717) is 30.7 Å². The molecule has 3 heterocycles. The van der Waals surface area contributed by atoms with Crippen LogP contribution in [-0.2, 0) is 9.47 Å². The summed E-state index contributed by atoms with van der Waals surface area (Å²) in [6, 6.07) is 21.2. The van der Waals surface area contributed by atoms with Crippen LogP contribution in [0, 0.1) is 17.7 Å². The molecule has 3 unspecified atom stereocenters. The van der Waals surface area contributed by atoms with Gasteiger partial charge in [-0.2, -0.15) is 0 Å². The van der Waals surface area contributed by atoms with Gasteiger partial charge < -0.3 is 19.3 Å². The minimum atomic E-state index is -0.163. The Bertz CT molecular complexity index is 1200. The number of carbonyl (C=O) groups excluding carboxylic acids is 1. The highest BCUT2D eigenvalue weighted by Gasteiger charge is 2.35. The van der Waals surface area contributed by atoms with Gasteiger partial charge in [0.05, 0.1) is 12.7 Å². The van der Waals surface area contributed by atoms with E-state index in [0.717, 1.165) is 68.5 Å². The molecule has 202 valence electrons. The number of carbonyl (C=O) groups is 1. The molecule has 3 fully saturated rings. The van der Waals surface area contributed by atoms with E-state index in [-0.39, 0.29) is 11.7 Å². The van der Waals surface area contributed by atoms with Gasteiger partial charge in [0.1, 0.15) is 12.6 Å². The molecule has 6 rings (SSSR count). The number of nitrogens with zero attached hydrogens (tertiary/aromatic N) is 2. The van der Waals surface area contributed by atoms with E-state index in [1.807, 2.05) is 49.4 Å². The third-order valence-electron chi connectivity index (χ3n) is 8.29. The Balaban J connectivity index is 0.000000433. The molecule has 0 bridgehead atoms. The van der Waals surface area contributed by atoms with Crippen molar-refractivity contribution in [2.45, 2.75) is 38.7 Å². The van der Waals surface area contributed by atoms with Crippen LogP contribution >= 0.6 is 0 Å². The average Bonchev–Trinajstić information content (AvgIpc) is 3.57. The zero-order valence-electron chi connectivity index (χ0n) is 22.5. The average molecular weight is 519 g/mol. The maximum atomic E-state index is 13.4. The molecule has 3 aliphatic heterocycles. The molecule has 0 spiro atoms. The second kappa shape index (κ2) is 12.4. The van der Waals surface area contributed by atoms with Gasteiger partial charge in [-0.05, 0) is 85.1 Å². The van der Waals surface area contributed by atoms with Crippen molar-refractivity contribution in [1.29, 1.82) is 0 Å². The molecule has 6 heteroatoms. The second-order valence-electron chi connectivity index (χ2n) is 11.1. The molecule has 0 aromatic heterocycles. The molecular weight excluding hydrogens is 479 g/mol. The monoisotopic (exact) mass is 518 g/mol. The number of ether oxygens (including phenoxy) is 2. The first-order chi connectivity index (χ1) is 18.5. The van der Waals surface area contributed by atoms with Crippen molar-refractivity contribution in [3.8, 4) is 0 Å². The van der Waals surface area contributed by atoms with Gasteiger partial charge >= 0.3 is 0 Å². The molecule has 3 aromatic carbocycles. The standard InChI is InChI=1S/C28H31FN2O.C4H8O2/c1-20-17-31(28(32)27-8-4-6-23-5-2-3-7-26(23)27)19-24(20)18-30-15-13-22(14-16-30)21-9-11-25(29)12-10-21;1-4-2-5-3-6-4/h2-12,20,22,24H,13-19H2,1H3;4H,2-3H2,1H3. The lowest BCUT2D eigenvalue weighted by Gasteiger charge is -2.34. The van der Waals surface area contributed by atoms with Gasteiger partial charge in [-0.1, -0.05) is 55.5 Å². The Kier molecular flexibility index (Phi) is 8.72. The number of piperidine rings is 1. The Hall–Kier alpha value is -2.80. The summed E-state index contributed by atoms with van der Waals surface area (Å²) in [5.74, 6) is 1.53. The summed E-state index contributed by atoms with van der Waals surface area (Å²) < 4.78 is 23.0. The number of halogens is 1. The van der Waals surface area contributed by atoms with E-state index < -0.39 is 0 Å². The Morgan fingerprint density at radius 3 is 2.37 bits per heavy atom. The molecule has 0 aliphatic carbocycles. The van der Waals surface area contributed by atoms with Crippen molar-refractivity contribution in [3.05, 3.63) is 83.7 Å². The second-order valence-corrected chi connectivity index (χ2v) is 11.1. The summed E-state index contributed by atoms with van der Waals surface area (Å²) in [5, 5.41) is 2.16. The number of benzene rings is 3. The van der Waals surface area contributed by atoms with Crippen molar-refractivity contribution in [2.75, 3.05) is 46.1 Å². The summed E-state index contributed by atoms with van der Waals surface area (Å²) in [6.45, 7) is 10.4. The molecule has 3 aromatic rings. The van der Waals surface area contributed by atoms with Crippen LogP contribution in [0.2, 0.25) is 0 Å². The van der Waals surface area contributed by atoms with Gasteiger partial charge in [-0.25, -0.2) is 4.39 Å². The smallest absolute Gasteiger partial charge is 0.254 e. The molecule has 1 amide bonds. The zero-order chi connectivity index (χ0) is 26.5. The highest BCUT2D eigenvalue weighted by Crippen LogP contribution is 2.31. The Labute approximate surface area is 225 Å². The number of fused-ring (bicyclic) bond motifs is 1. The maximum absolute atomic E-state index is 13.4. The number of likely N-dealkylation sites (tertiary alicyclic amines) is 2. The fourth-order valence-electron chi connectivity index (χ4n) is 5.96. The van der Waals surface area contributed by atoms with E-state index in [1.165, 1.54) is 5.56 Å². The van der Waals surface area contributed by atoms with Crippen LogP contribution in [0.25, 0.3) is 10.8 Å². The summed E-state index contributed by atoms with van der Waals surface area (Å²) in [6.07, 6.45) is 2.56. The van der Waals surface area contributed by atoms with Crippen LogP contribution in [0.1, 0.15) is 48.5 Å². The van der Waals surface area contributed by atoms with Gasteiger partial charge in [0, 0.05) is 25.2 Å². The van der Waals surface area contributed by atoms with Crippen molar-refractivity contribution in [2.24, 2.45) is 11.8 Å². The SMILES string of the molecule is CC1CN(C(=O)c2cccc3ccccc23)CC1CN1CCC(c2ccc(F)cc2)CC1.CC1COCO1. The molecule has 38 heavy (non-hydrogen) atoms. The van der Waals surface area contributed by atoms with E-state index in [2.05, 4.69) is 28.9 Å². The minimum Gasteiger partial charge on any atom is -0.353 e. The number of hydrogen-bond donors (Lipinski definition) is 0. The summed E-state index contributed by atoms with van der Waals surface area (Å²) >= 11 is 0. The highest BCUT2D eigenvalue weighted by molar-refractivity contribution is 6.07. The van der Waals surface area contributed by atoms with Crippen LogP contribution in [0.5, 0.6) is 0 Å². The van der Waals surface area contributed by atoms with Gasteiger partial charge in [0.25, 0.3) is 5.91 Å². The molecule has 0 radical (unpaired) electrons. The molecular formula is C32H39FN2O3. The largest absolute Gasteiger partial charge is 0.353 e. The predicted molar refractivity (Wildman–Crippen MR) is 149 cm³/mol. The van der Waals surface area contributed by atoms with E-state index in [9.17, 15) is 9.18 Å². The van der Waals surface area contributed by atoms with Crippen LogP contribution in [0.15, 0.2) is 66.7 Å². The fourth-order valence-corrected chi connectivity index (χ4v) is 5.96. The quantitative estimate of drug-likeness (QED) is 0.428. The summed E-state index contributed by atoms with van der Waals surface area (Å²) in [5.41, 5.74) is 2.07. The van der Waals surface area contributed by atoms with Crippen LogP contribution in [-0.4, -0.2) is 67.9 Å². The molecule has 0 saturated carbocycles. The first kappa shape index (κ1) is 26.8. The van der Waals surface area contributed by atoms with Gasteiger partial charge in [0.2, 0.25) is 0 Å². The van der Waals surface area contributed by atoms with Crippen LogP contribution < -0.4 is 0 Å². The van der Waals surface area contributed by atoms with Crippen molar-refractivity contribution < 1.29 is 18.7 Å². The molecule has 3 aliphatic rings. The lowest BCUT2D eigenvalue weighted by Crippen LogP contribution is -2.38. The lowest BCUT2D eigenvalue weighted by atomic mass is 9.88. The lowest BCUT2D eigenvalue weighted by molar-refractivity contribution is 0.0514. The van der Waals surface area contributed by atoms with Gasteiger partial charge in [-0.15, -0.1) is 0 Å². The topological polar surface area (TPSA) is 42.0 Å². The van der Waals surface area contributed by atoms with E-state index in [1.54, 1.807) is 12.1 Å². The zero-order valence-corrected chi connectivity index (χ0v) is 22.5. The van der Waals surface area contributed by atoms with Crippen molar-refractivity contribution in [3.63, 3.8) is 0 Å². The molecule has 0 N–H and O–H groups in total. The fraction of sp³-hybridized carbons (Fsp3) is 0.469. The summed E-state index contributed by atoms with van der Waals surface area (Å²) in [4.78, 5) is 18.0. The third-order valence-corrected chi connectivity index (χ3v) is 8.29. The van der Waals surface area contributed by atoms with Gasteiger partial charge in [-0.3, -0.25) is 4.79 Å². The van der Waals surface area contributed by atoms with Crippen LogP contribution in [0.3, 0.4) is 0 Å². The number of amides is 1. The highest BCUT2D eigenvalue weighted by atomic mass is 19.1. The van der Waals surface area contributed by atoms with E-state index in [4.69, 9.17) is 9.47 Å². The van der Waals surface area contributed by atoms with E-state index >= 15 is 0 Å². The molecule has 5 nitrogen and oxygen atoms in total. The Morgan fingerprint density at radius 2 is 1.68 bits per heavy atom. The summed E-state index contributed by atoms with van der Waals surface area (Å²) in [7, 11) is 0. The number of rotatable bonds is 4. The first-order valence-electron chi connectivity index (χ1n) is 13.9. The van der Waals surface area contributed by atoms with Gasteiger partial charge in [0.15, 0.2) is 0 Å². The molecule has 3 saturated heterocycles. The van der Waals surface area contributed by atoms with Crippen LogP contribution in [0.4, 0.5) is 4.39 Å². The number of hydrogen-bond acceptors (Lipinski definition) is 4. The third kappa shape index (κ3) is 6.42. The molecule has 3 atom stereocenters. The predicted octanol–water partition coefficient (Wildman–Crippen LogP) is 5.95. The minimum absolute atomic E-state index is 0.158. The van der Waals surface area contributed by atoms with Crippen molar-refractivity contribution in [1.82, 2.24) is 9.80 Å². The Morgan fingerprint density at radius 1 is 0.947 bits per heavy atom. The maximum Gasteiger partial charge on any atom is 0.254 e.